The van der Waals surface area contributed by atoms with E-state index < -0.39 is 0 Å². The summed E-state index contributed by atoms with van der Waals surface area (Å²) >= 11 is -0.0886. The second kappa shape index (κ2) is 10.1. The summed E-state index contributed by atoms with van der Waals surface area (Å²) in [6.45, 7) is 9.35. The molecule has 0 N–H and O–H groups in total. The van der Waals surface area contributed by atoms with E-state index in [2.05, 4.69) is 52.0 Å². The minimum absolute atomic E-state index is 0. The van der Waals surface area contributed by atoms with Crippen molar-refractivity contribution in [1.29, 1.82) is 0 Å². The maximum absolute atomic E-state index is 2.41. The van der Waals surface area contributed by atoms with Crippen molar-refractivity contribution >= 4 is 0 Å². The molecule has 0 saturated heterocycles. The zero-order chi connectivity index (χ0) is 13.8. The molecule has 0 nitrogen and oxygen atoms in total. The van der Waals surface area contributed by atoms with Gasteiger partial charge < -0.3 is 24.8 Å². The van der Waals surface area contributed by atoms with Gasteiger partial charge in [-0.2, -0.15) is 0 Å². The van der Waals surface area contributed by atoms with Gasteiger partial charge in [-0.05, 0) is 0 Å². The van der Waals surface area contributed by atoms with Gasteiger partial charge in [0.25, 0.3) is 0 Å². The molecule has 0 aromatic heterocycles. The van der Waals surface area contributed by atoms with Crippen molar-refractivity contribution in [2.75, 3.05) is 0 Å². The van der Waals surface area contributed by atoms with Crippen LogP contribution in [0, 0.1) is 11.8 Å². The van der Waals surface area contributed by atoms with Crippen molar-refractivity contribution in [2.24, 2.45) is 11.8 Å². The summed E-state index contributed by atoms with van der Waals surface area (Å²) in [6, 6.07) is 0. The quantitative estimate of drug-likeness (QED) is 0.565. The molecule has 0 heterocycles. The third-order valence-corrected chi connectivity index (χ3v) is 7.35. The van der Waals surface area contributed by atoms with Gasteiger partial charge in [0.1, 0.15) is 0 Å². The Bertz CT molecular complexity index is 416. The molecular weight excluding hydrogens is 335 g/mol. The zero-order valence-corrected chi connectivity index (χ0v) is 16.6. The number of allylic oxidation sites excluding steroid dienone is 8. The summed E-state index contributed by atoms with van der Waals surface area (Å²) in [5, 5.41) is 0. The number of halogens is 2. The van der Waals surface area contributed by atoms with Gasteiger partial charge in [0.15, 0.2) is 0 Å². The Kier molecular flexibility index (Phi) is 10.2. The van der Waals surface area contributed by atoms with Gasteiger partial charge in [-0.1, -0.05) is 0 Å². The summed E-state index contributed by atoms with van der Waals surface area (Å²) in [5.41, 5.74) is 3.33. The molecule has 2 rings (SSSR count). The third-order valence-electron chi connectivity index (χ3n) is 4.08. The van der Waals surface area contributed by atoms with Crippen molar-refractivity contribution in [3.8, 4) is 0 Å². The van der Waals surface area contributed by atoms with Gasteiger partial charge in [-0.25, -0.2) is 0 Å². The summed E-state index contributed by atoms with van der Waals surface area (Å²) in [5.74, 6) is 1.40. The van der Waals surface area contributed by atoms with Gasteiger partial charge in [0.05, 0.1) is 0 Å². The molecule has 0 amide bonds. The maximum Gasteiger partial charge on any atom is -1.00 e. The number of hydrogen-bond acceptors (Lipinski definition) is 0. The van der Waals surface area contributed by atoms with Gasteiger partial charge in [-0.15, -0.1) is 0 Å². The molecule has 0 saturated carbocycles. The SMILES string of the molecule is CCCC1=[C]([Ti+2][C]2=C(CCC)C=CC2C)C(C)C=C1.[Cl-].[Cl-]. The van der Waals surface area contributed by atoms with Crippen LogP contribution >= 0.6 is 0 Å². The summed E-state index contributed by atoms with van der Waals surface area (Å²) in [4.78, 5) is 0. The van der Waals surface area contributed by atoms with E-state index in [1.165, 1.54) is 25.7 Å². The second-order valence-electron chi connectivity index (χ2n) is 5.80. The van der Waals surface area contributed by atoms with Crippen molar-refractivity contribution in [3.63, 3.8) is 0 Å². The van der Waals surface area contributed by atoms with Crippen LogP contribution in [0.2, 0.25) is 0 Å². The van der Waals surface area contributed by atoms with E-state index >= 15 is 0 Å². The summed E-state index contributed by atoms with van der Waals surface area (Å²) in [6.07, 6.45) is 14.7. The summed E-state index contributed by atoms with van der Waals surface area (Å²) in [7, 11) is 0. The fourth-order valence-corrected chi connectivity index (χ4v) is 5.60. The Morgan fingerprint density at radius 3 is 1.52 bits per heavy atom. The molecule has 0 aromatic rings. The van der Waals surface area contributed by atoms with Gasteiger partial charge in [0.2, 0.25) is 0 Å². The first-order chi connectivity index (χ1) is 9.17. The van der Waals surface area contributed by atoms with Gasteiger partial charge >= 0.3 is 128 Å². The van der Waals surface area contributed by atoms with E-state index in [4.69, 9.17) is 0 Å². The zero-order valence-electron chi connectivity index (χ0n) is 13.5. The van der Waals surface area contributed by atoms with Crippen molar-refractivity contribution in [2.45, 2.75) is 53.4 Å². The van der Waals surface area contributed by atoms with Crippen molar-refractivity contribution < 1.29 is 44.0 Å². The third kappa shape index (κ3) is 5.13. The Morgan fingerprint density at radius 1 is 0.810 bits per heavy atom. The Morgan fingerprint density at radius 2 is 1.19 bits per heavy atom. The molecule has 21 heavy (non-hydrogen) atoms. The predicted octanol–water partition coefficient (Wildman–Crippen LogP) is -0.403. The molecule has 0 spiro atoms. The molecule has 0 radical (unpaired) electrons. The topological polar surface area (TPSA) is 0 Å². The number of rotatable bonds is 6. The Balaban J connectivity index is 0.00000200. The fraction of sp³-hybridized carbons (Fsp3) is 0.556. The van der Waals surface area contributed by atoms with E-state index in [-0.39, 0.29) is 44.0 Å². The average molecular weight is 361 g/mol. The van der Waals surface area contributed by atoms with Crippen LogP contribution in [0.5, 0.6) is 0 Å². The molecule has 0 aliphatic heterocycles. The van der Waals surface area contributed by atoms with Crippen LogP contribution in [-0.4, -0.2) is 0 Å². The first-order valence-electron chi connectivity index (χ1n) is 7.76. The average Bonchev–Trinajstić information content (AvgIpc) is 2.90. The fourth-order valence-electron chi connectivity index (χ4n) is 2.99. The number of hydrogen-bond donors (Lipinski definition) is 0. The first kappa shape index (κ1) is 21.3. The van der Waals surface area contributed by atoms with Crippen LogP contribution in [0.15, 0.2) is 43.2 Å². The molecular formula is C18H26Cl2Ti. The van der Waals surface area contributed by atoms with Gasteiger partial charge in [0, 0.05) is 0 Å². The van der Waals surface area contributed by atoms with Crippen molar-refractivity contribution in [1.82, 2.24) is 0 Å². The largest absolute Gasteiger partial charge is 1.00 e. The second-order valence-corrected chi connectivity index (χ2v) is 7.87. The van der Waals surface area contributed by atoms with E-state index in [1.807, 2.05) is 0 Å². The van der Waals surface area contributed by atoms with E-state index in [0.29, 0.717) is 11.8 Å². The minimum atomic E-state index is -0.0886. The van der Waals surface area contributed by atoms with Gasteiger partial charge in [-0.3, -0.25) is 0 Å². The van der Waals surface area contributed by atoms with Crippen LogP contribution < -0.4 is 24.8 Å². The normalized spacial score (nSPS) is 23.2. The van der Waals surface area contributed by atoms with E-state index in [0.717, 1.165) is 0 Å². The predicted molar refractivity (Wildman–Crippen MR) is 80.5 cm³/mol. The molecule has 2 aliphatic carbocycles. The van der Waals surface area contributed by atoms with Crippen LogP contribution in [0.25, 0.3) is 0 Å². The minimum Gasteiger partial charge on any atom is -1.00 e. The summed E-state index contributed by atoms with van der Waals surface area (Å²) < 4.78 is 3.61. The van der Waals surface area contributed by atoms with E-state index in [9.17, 15) is 0 Å². The molecule has 0 fully saturated rings. The first-order valence-corrected chi connectivity index (χ1v) is 9.33. The molecule has 116 valence electrons. The molecule has 3 heteroatoms. The monoisotopic (exact) mass is 360 g/mol. The molecule has 2 aliphatic rings. The molecule has 2 atom stereocenters. The smallest absolute Gasteiger partial charge is 1.00 e. The maximum atomic E-state index is 2.41. The van der Waals surface area contributed by atoms with Crippen LogP contribution in [0.3, 0.4) is 0 Å². The molecule has 2 unspecified atom stereocenters. The molecule has 0 aromatic carbocycles. The van der Waals surface area contributed by atoms with E-state index in [1.54, 1.807) is 18.9 Å². The standard InChI is InChI=1S/2C9H13.2ClH.Ti/c2*1-3-4-9-6-5-8(2)7-9;;;/h2*5-6,8H,3-4H2,1-2H3;2*1H;/q;;;;+2/p-2. The van der Waals surface area contributed by atoms with Crippen LogP contribution in [0.1, 0.15) is 53.4 Å². The molecule has 0 bridgehead atoms. The Labute approximate surface area is 152 Å². The van der Waals surface area contributed by atoms with Crippen LogP contribution in [-0.2, 0) is 19.2 Å². The van der Waals surface area contributed by atoms with Crippen LogP contribution in [0.4, 0.5) is 0 Å². The van der Waals surface area contributed by atoms with Crippen molar-refractivity contribution in [3.05, 3.63) is 43.2 Å². The Hall–Kier alpha value is 0.254.